The van der Waals surface area contributed by atoms with Crippen molar-refractivity contribution in [1.29, 1.82) is 0 Å². The van der Waals surface area contributed by atoms with Gasteiger partial charge in [0.1, 0.15) is 11.9 Å². The molecule has 0 radical (unpaired) electrons. The second-order valence-electron chi connectivity index (χ2n) is 13.1. The fraction of sp³-hybridized carbons (Fsp3) is 0.471. The van der Waals surface area contributed by atoms with E-state index in [9.17, 15) is 41.0 Å². The van der Waals surface area contributed by atoms with Crippen molar-refractivity contribution >= 4 is 23.3 Å². The van der Waals surface area contributed by atoms with Gasteiger partial charge in [-0.15, -0.1) is 0 Å². The minimum atomic E-state index is -5.04. The molecule has 1 fully saturated rings. The van der Waals surface area contributed by atoms with Crippen molar-refractivity contribution < 1.29 is 50.5 Å². The SMILES string of the molecule is COc1ccc(C2=CCN(C(=O)O)CC2)cc1C1=C(CN2C(=O)O[C@H](c3cc(C(F)(F)F)cc(C(F)(F)F)c3)[C@@H]2C)CC(C)(C)CC1. The lowest BCUT2D eigenvalue weighted by Gasteiger charge is -2.36. The molecule has 2 atom stereocenters. The topological polar surface area (TPSA) is 79.3 Å². The second-order valence-corrected chi connectivity index (χ2v) is 13.1. The molecule has 0 unspecified atom stereocenters. The third-order valence-corrected chi connectivity index (χ3v) is 9.24. The second kappa shape index (κ2) is 12.5. The molecular formula is C34H36F6N2O5. The molecule has 7 nitrogen and oxygen atoms in total. The smallest absolute Gasteiger partial charge is 0.416 e. The van der Waals surface area contributed by atoms with Gasteiger partial charge in [-0.2, -0.15) is 26.3 Å². The normalized spacial score (nSPS) is 21.9. The fourth-order valence-corrected chi connectivity index (χ4v) is 6.65. The number of hydrogen-bond acceptors (Lipinski definition) is 4. The van der Waals surface area contributed by atoms with Gasteiger partial charge in [0.05, 0.1) is 24.3 Å². The minimum Gasteiger partial charge on any atom is -0.496 e. The molecule has 1 aliphatic carbocycles. The maximum absolute atomic E-state index is 13.6. The Labute approximate surface area is 268 Å². The number of halogens is 6. The van der Waals surface area contributed by atoms with E-state index in [-0.39, 0.29) is 30.1 Å². The predicted molar refractivity (Wildman–Crippen MR) is 162 cm³/mol. The summed E-state index contributed by atoms with van der Waals surface area (Å²) in [4.78, 5) is 27.3. The number of allylic oxidation sites excluding steroid dienone is 1. The van der Waals surface area contributed by atoms with Gasteiger partial charge in [-0.25, -0.2) is 9.59 Å². The summed E-state index contributed by atoms with van der Waals surface area (Å²) < 4.78 is 92.7. The summed E-state index contributed by atoms with van der Waals surface area (Å²) in [7, 11) is 1.55. The Bertz CT molecular complexity index is 1600. The molecule has 0 saturated carbocycles. The Morgan fingerprint density at radius 2 is 1.70 bits per heavy atom. The number of methoxy groups -OCH3 is 1. The van der Waals surface area contributed by atoms with Gasteiger partial charge in [-0.3, -0.25) is 4.90 Å². The molecule has 47 heavy (non-hydrogen) atoms. The summed E-state index contributed by atoms with van der Waals surface area (Å²) >= 11 is 0. The van der Waals surface area contributed by atoms with Gasteiger partial charge >= 0.3 is 24.5 Å². The lowest BCUT2D eigenvalue weighted by molar-refractivity contribution is -0.143. The monoisotopic (exact) mass is 666 g/mol. The Morgan fingerprint density at radius 1 is 1.04 bits per heavy atom. The standard InChI is InChI=1S/C34H36F6N2O5/c1-19-29(22-13-24(33(35,36)37)16-25(14-22)34(38,39)40)47-31(45)42(19)18-23-17-32(2,3)10-7-26(23)27-15-21(5-6-28(27)46-4)20-8-11-41(12-9-20)30(43)44/h5-6,8,13-16,19,29H,7,9-12,17-18H2,1-4H3,(H,43,44)/t19-,29-/m0/s1. The average molecular weight is 667 g/mol. The molecule has 1 N–H and O–H groups in total. The molecule has 254 valence electrons. The molecular weight excluding hydrogens is 630 g/mol. The highest BCUT2D eigenvalue weighted by molar-refractivity contribution is 5.80. The van der Waals surface area contributed by atoms with E-state index in [2.05, 4.69) is 13.8 Å². The zero-order chi connectivity index (χ0) is 34.5. The number of amides is 2. The van der Waals surface area contributed by atoms with Crippen LogP contribution in [-0.2, 0) is 17.1 Å². The lowest BCUT2D eigenvalue weighted by Crippen LogP contribution is -2.35. The van der Waals surface area contributed by atoms with Gasteiger partial charge in [-0.05, 0) is 96.2 Å². The highest BCUT2D eigenvalue weighted by Gasteiger charge is 2.44. The first-order valence-corrected chi connectivity index (χ1v) is 15.2. The van der Waals surface area contributed by atoms with E-state index >= 15 is 0 Å². The molecule has 2 aromatic carbocycles. The number of carboxylic acid groups (broad SMARTS) is 1. The van der Waals surface area contributed by atoms with E-state index in [1.807, 2.05) is 24.3 Å². The number of carbonyl (C=O) groups excluding carboxylic acids is 1. The fourth-order valence-electron chi connectivity index (χ4n) is 6.65. The summed E-state index contributed by atoms with van der Waals surface area (Å²) in [6.45, 7) is 6.42. The number of benzene rings is 2. The first-order valence-electron chi connectivity index (χ1n) is 15.2. The number of carbonyl (C=O) groups is 2. The molecule has 5 rings (SSSR count). The van der Waals surface area contributed by atoms with Crippen molar-refractivity contribution in [3.8, 4) is 5.75 Å². The van der Waals surface area contributed by atoms with Crippen LogP contribution in [0.3, 0.4) is 0 Å². The summed E-state index contributed by atoms with van der Waals surface area (Å²) in [5.41, 5.74) is 1.05. The number of hydrogen-bond donors (Lipinski definition) is 1. The van der Waals surface area contributed by atoms with E-state index in [1.165, 1.54) is 9.80 Å². The van der Waals surface area contributed by atoms with Crippen LogP contribution in [0.1, 0.15) is 80.4 Å². The molecule has 1 saturated heterocycles. The van der Waals surface area contributed by atoms with Gasteiger partial charge in [-0.1, -0.05) is 26.0 Å². The molecule has 2 aromatic rings. The van der Waals surface area contributed by atoms with Crippen LogP contribution >= 0.6 is 0 Å². The van der Waals surface area contributed by atoms with E-state index in [4.69, 9.17) is 9.47 Å². The van der Waals surface area contributed by atoms with Crippen LogP contribution in [0, 0.1) is 5.41 Å². The molecule has 3 aliphatic rings. The zero-order valence-electron chi connectivity index (χ0n) is 26.4. The van der Waals surface area contributed by atoms with E-state index in [0.717, 1.165) is 34.3 Å². The summed E-state index contributed by atoms with van der Waals surface area (Å²) in [5.74, 6) is 0.600. The van der Waals surface area contributed by atoms with E-state index in [1.54, 1.807) is 14.0 Å². The zero-order valence-corrected chi connectivity index (χ0v) is 26.4. The molecule has 2 amide bonds. The lowest BCUT2D eigenvalue weighted by atomic mass is 9.72. The minimum absolute atomic E-state index is 0.0525. The predicted octanol–water partition coefficient (Wildman–Crippen LogP) is 9.05. The maximum atomic E-state index is 13.6. The average Bonchev–Trinajstić information content (AvgIpc) is 3.28. The van der Waals surface area contributed by atoms with Gasteiger partial charge < -0.3 is 19.5 Å². The summed E-state index contributed by atoms with van der Waals surface area (Å²) in [5, 5.41) is 9.32. The molecule has 0 aromatic heterocycles. The van der Waals surface area contributed by atoms with Gasteiger partial charge in [0, 0.05) is 25.2 Å². The van der Waals surface area contributed by atoms with Crippen LogP contribution < -0.4 is 4.74 Å². The molecule has 13 heteroatoms. The van der Waals surface area contributed by atoms with Crippen LogP contribution in [0.25, 0.3) is 11.1 Å². The highest BCUT2D eigenvalue weighted by atomic mass is 19.4. The van der Waals surface area contributed by atoms with Gasteiger partial charge in [0.15, 0.2) is 0 Å². The third-order valence-electron chi connectivity index (χ3n) is 9.24. The van der Waals surface area contributed by atoms with Crippen LogP contribution in [0.4, 0.5) is 35.9 Å². The van der Waals surface area contributed by atoms with Crippen LogP contribution in [0.15, 0.2) is 48.0 Å². The van der Waals surface area contributed by atoms with E-state index in [0.29, 0.717) is 43.7 Å². The van der Waals surface area contributed by atoms with Gasteiger partial charge in [0.25, 0.3) is 0 Å². The summed E-state index contributed by atoms with van der Waals surface area (Å²) in [6, 6.07) is 6.13. The number of ether oxygens (including phenoxy) is 2. The largest absolute Gasteiger partial charge is 0.496 e. The van der Waals surface area contributed by atoms with Crippen LogP contribution in [-0.4, -0.2) is 59.9 Å². The quantitative estimate of drug-likeness (QED) is 0.312. The Hall–Kier alpha value is -4.16. The van der Waals surface area contributed by atoms with Crippen molar-refractivity contribution in [3.63, 3.8) is 0 Å². The third kappa shape index (κ3) is 7.23. The number of nitrogens with zero attached hydrogens (tertiary/aromatic N) is 2. The number of alkyl halides is 6. The number of cyclic esters (lactones) is 1. The van der Waals surface area contributed by atoms with Crippen molar-refractivity contribution in [2.75, 3.05) is 26.7 Å². The van der Waals surface area contributed by atoms with Crippen molar-refractivity contribution in [3.05, 3.63) is 75.9 Å². The maximum Gasteiger partial charge on any atom is 0.416 e. The first kappa shape index (κ1) is 34.2. The molecule has 0 spiro atoms. The summed E-state index contributed by atoms with van der Waals surface area (Å²) in [6.07, 6.45) is -8.80. The van der Waals surface area contributed by atoms with Crippen LogP contribution in [0.5, 0.6) is 5.75 Å². The Balaban J connectivity index is 1.51. The van der Waals surface area contributed by atoms with Crippen molar-refractivity contribution in [1.82, 2.24) is 9.80 Å². The molecule has 2 heterocycles. The van der Waals surface area contributed by atoms with E-state index < -0.39 is 47.8 Å². The molecule has 2 aliphatic heterocycles. The Kier molecular flexibility index (Phi) is 9.06. The first-order chi connectivity index (χ1) is 21.9. The van der Waals surface area contributed by atoms with Crippen LogP contribution in [0.2, 0.25) is 0 Å². The van der Waals surface area contributed by atoms with Crippen molar-refractivity contribution in [2.24, 2.45) is 5.41 Å². The Morgan fingerprint density at radius 3 is 2.26 bits per heavy atom. The van der Waals surface area contributed by atoms with Crippen molar-refractivity contribution in [2.45, 2.75) is 71.0 Å². The molecule has 0 bridgehead atoms. The number of rotatable bonds is 6. The van der Waals surface area contributed by atoms with Gasteiger partial charge in [0.2, 0.25) is 0 Å². The highest BCUT2D eigenvalue weighted by Crippen LogP contribution is 2.47.